The monoisotopic (exact) mass is 230 g/mol. The fraction of sp³-hybridized carbons (Fsp3) is 0.250. The molecule has 0 aliphatic carbocycles. The Labute approximate surface area is 99.2 Å². The first kappa shape index (κ1) is 11.5. The lowest BCUT2D eigenvalue weighted by molar-refractivity contribution is -0.119. The predicted molar refractivity (Wildman–Crippen MR) is 63.1 cm³/mol. The van der Waals surface area contributed by atoms with E-state index in [1.807, 2.05) is 30.3 Å². The quantitative estimate of drug-likeness (QED) is 0.835. The molecule has 1 aromatic heterocycles. The van der Waals surface area contributed by atoms with E-state index in [-0.39, 0.29) is 12.2 Å². The molecule has 0 bridgehead atoms. The standard InChI is InChI=1S/C12H14N4O/c1-16-8-10(14-15-16)7-11(17)12(13)9-5-3-2-4-6-9/h2-6,8,12H,7,13H2,1H3. The number of rotatable bonds is 4. The topological polar surface area (TPSA) is 73.8 Å². The van der Waals surface area contributed by atoms with Crippen molar-refractivity contribution in [2.24, 2.45) is 12.8 Å². The lowest BCUT2D eigenvalue weighted by Crippen LogP contribution is -2.23. The minimum atomic E-state index is -0.599. The average molecular weight is 230 g/mol. The van der Waals surface area contributed by atoms with Crippen molar-refractivity contribution in [3.05, 3.63) is 47.8 Å². The molecule has 2 N–H and O–H groups in total. The van der Waals surface area contributed by atoms with Crippen LogP contribution in [0.4, 0.5) is 0 Å². The number of nitrogens with two attached hydrogens (primary N) is 1. The van der Waals surface area contributed by atoms with Gasteiger partial charge in [0.1, 0.15) is 0 Å². The van der Waals surface area contributed by atoms with Crippen molar-refractivity contribution in [1.29, 1.82) is 0 Å². The molecule has 1 unspecified atom stereocenters. The lowest BCUT2D eigenvalue weighted by Gasteiger charge is -2.09. The van der Waals surface area contributed by atoms with Crippen LogP contribution in [-0.4, -0.2) is 20.8 Å². The normalized spacial score (nSPS) is 12.4. The van der Waals surface area contributed by atoms with Gasteiger partial charge in [-0.05, 0) is 5.56 Å². The van der Waals surface area contributed by atoms with E-state index in [1.165, 1.54) is 0 Å². The maximum absolute atomic E-state index is 11.9. The summed E-state index contributed by atoms with van der Waals surface area (Å²) in [5.74, 6) is -0.0586. The van der Waals surface area contributed by atoms with Gasteiger partial charge in [0.15, 0.2) is 5.78 Å². The summed E-state index contributed by atoms with van der Waals surface area (Å²) < 4.78 is 1.57. The molecule has 5 nitrogen and oxygen atoms in total. The number of benzene rings is 1. The van der Waals surface area contributed by atoms with Crippen LogP contribution in [0, 0.1) is 0 Å². The number of carbonyl (C=O) groups excluding carboxylic acids is 1. The summed E-state index contributed by atoms with van der Waals surface area (Å²) in [4.78, 5) is 11.9. The number of hydrogen-bond acceptors (Lipinski definition) is 4. The Kier molecular flexibility index (Phi) is 3.30. The molecule has 88 valence electrons. The van der Waals surface area contributed by atoms with E-state index in [4.69, 9.17) is 5.73 Å². The summed E-state index contributed by atoms with van der Waals surface area (Å²) in [5.41, 5.74) is 7.35. The summed E-state index contributed by atoms with van der Waals surface area (Å²) in [6, 6.07) is 8.72. The largest absolute Gasteiger partial charge is 0.318 e. The Morgan fingerprint density at radius 3 is 2.71 bits per heavy atom. The van der Waals surface area contributed by atoms with E-state index in [1.54, 1.807) is 17.9 Å². The van der Waals surface area contributed by atoms with Crippen molar-refractivity contribution < 1.29 is 4.79 Å². The van der Waals surface area contributed by atoms with Gasteiger partial charge in [-0.25, -0.2) is 0 Å². The molecule has 0 spiro atoms. The molecule has 0 aliphatic heterocycles. The molecule has 1 aromatic carbocycles. The van der Waals surface area contributed by atoms with Crippen LogP contribution in [0.1, 0.15) is 17.3 Å². The lowest BCUT2D eigenvalue weighted by atomic mass is 10.0. The Morgan fingerprint density at radius 1 is 1.41 bits per heavy atom. The van der Waals surface area contributed by atoms with E-state index < -0.39 is 6.04 Å². The Bertz CT molecular complexity index is 506. The zero-order valence-electron chi connectivity index (χ0n) is 9.58. The van der Waals surface area contributed by atoms with E-state index >= 15 is 0 Å². The molecular weight excluding hydrogens is 216 g/mol. The smallest absolute Gasteiger partial charge is 0.160 e. The molecule has 0 aliphatic rings. The number of carbonyl (C=O) groups is 1. The maximum atomic E-state index is 11.9. The number of hydrogen-bond donors (Lipinski definition) is 1. The van der Waals surface area contributed by atoms with Crippen LogP contribution in [0.5, 0.6) is 0 Å². The highest BCUT2D eigenvalue weighted by molar-refractivity contribution is 5.86. The van der Waals surface area contributed by atoms with Crippen molar-refractivity contribution in [3.63, 3.8) is 0 Å². The second-order valence-corrected chi connectivity index (χ2v) is 3.91. The summed E-state index contributed by atoms with van der Waals surface area (Å²) >= 11 is 0. The zero-order chi connectivity index (χ0) is 12.3. The fourth-order valence-corrected chi connectivity index (χ4v) is 1.61. The van der Waals surface area contributed by atoms with Crippen molar-refractivity contribution >= 4 is 5.78 Å². The van der Waals surface area contributed by atoms with Crippen LogP contribution in [0.2, 0.25) is 0 Å². The van der Waals surface area contributed by atoms with Gasteiger partial charge in [-0.15, -0.1) is 5.10 Å². The van der Waals surface area contributed by atoms with Crippen LogP contribution in [0.3, 0.4) is 0 Å². The summed E-state index contributed by atoms with van der Waals surface area (Å²) in [7, 11) is 1.76. The van der Waals surface area contributed by atoms with Crippen LogP contribution < -0.4 is 5.73 Å². The first-order chi connectivity index (χ1) is 8.16. The average Bonchev–Trinajstić information content (AvgIpc) is 2.75. The number of Topliss-reactive ketones (excluding diaryl/α,β-unsaturated/α-hetero) is 1. The first-order valence-corrected chi connectivity index (χ1v) is 5.35. The van der Waals surface area contributed by atoms with Gasteiger partial charge in [-0.3, -0.25) is 9.48 Å². The van der Waals surface area contributed by atoms with E-state index in [0.29, 0.717) is 5.69 Å². The Hall–Kier alpha value is -2.01. The third-order valence-electron chi connectivity index (χ3n) is 2.51. The fourth-order valence-electron chi connectivity index (χ4n) is 1.61. The molecule has 2 aromatic rings. The molecule has 2 rings (SSSR count). The van der Waals surface area contributed by atoms with Gasteiger partial charge in [0.2, 0.25) is 0 Å². The van der Waals surface area contributed by atoms with Gasteiger partial charge in [0.05, 0.1) is 18.2 Å². The van der Waals surface area contributed by atoms with Crippen LogP contribution in [0.15, 0.2) is 36.5 Å². The molecule has 1 heterocycles. The second kappa shape index (κ2) is 4.88. The number of nitrogens with zero attached hydrogens (tertiary/aromatic N) is 3. The van der Waals surface area contributed by atoms with E-state index in [0.717, 1.165) is 5.56 Å². The molecule has 0 saturated carbocycles. The van der Waals surface area contributed by atoms with E-state index in [9.17, 15) is 4.79 Å². The number of aryl methyl sites for hydroxylation is 1. The molecular formula is C12H14N4O. The molecule has 0 amide bonds. The van der Waals surface area contributed by atoms with Gasteiger partial charge in [0.25, 0.3) is 0 Å². The Morgan fingerprint density at radius 2 is 2.12 bits per heavy atom. The summed E-state index contributed by atoms with van der Waals surface area (Å²) in [6.07, 6.45) is 1.93. The molecule has 17 heavy (non-hydrogen) atoms. The van der Waals surface area contributed by atoms with Crippen molar-refractivity contribution in [1.82, 2.24) is 15.0 Å². The molecule has 0 radical (unpaired) electrons. The summed E-state index contributed by atoms with van der Waals surface area (Å²) in [5, 5.41) is 7.64. The van der Waals surface area contributed by atoms with Gasteiger partial charge in [0, 0.05) is 13.2 Å². The van der Waals surface area contributed by atoms with Gasteiger partial charge >= 0.3 is 0 Å². The van der Waals surface area contributed by atoms with Crippen LogP contribution >= 0.6 is 0 Å². The van der Waals surface area contributed by atoms with Gasteiger partial charge < -0.3 is 5.73 Å². The van der Waals surface area contributed by atoms with Crippen LogP contribution in [-0.2, 0) is 18.3 Å². The number of aromatic nitrogens is 3. The summed E-state index contributed by atoms with van der Waals surface area (Å²) in [6.45, 7) is 0. The van der Waals surface area contributed by atoms with Crippen LogP contribution in [0.25, 0.3) is 0 Å². The molecule has 0 saturated heterocycles. The van der Waals surface area contributed by atoms with Crippen molar-refractivity contribution in [2.45, 2.75) is 12.5 Å². The van der Waals surface area contributed by atoms with Gasteiger partial charge in [-0.1, -0.05) is 35.5 Å². The molecule has 5 heteroatoms. The molecule has 0 fully saturated rings. The zero-order valence-corrected chi connectivity index (χ0v) is 9.58. The number of ketones is 1. The highest BCUT2D eigenvalue weighted by atomic mass is 16.1. The molecule has 1 atom stereocenters. The SMILES string of the molecule is Cn1cc(CC(=O)C(N)c2ccccc2)nn1. The van der Waals surface area contributed by atoms with Crippen molar-refractivity contribution in [2.75, 3.05) is 0 Å². The minimum absolute atomic E-state index is 0.0586. The highest BCUT2D eigenvalue weighted by Gasteiger charge is 2.17. The van der Waals surface area contributed by atoms with Crippen molar-refractivity contribution in [3.8, 4) is 0 Å². The first-order valence-electron chi connectivity index (χ1n) is 5.35. The van der Waals surface area contributed by atoms with E-state index in [2.05, 4.69) is 10.3 Å². The van der Waals surface area contributed by atoms with Gasteiger partial charge in [-0.2, -0.15) is 0 Å². The third-order valence-corrected chi connectivity index (χ3v) is 2.51. The Balaban J connectivity index is 2.06. The third kappa shape index (κ3) is 2.76. The second-order valence-electron chi connectivity index (χ2n) is 3.91. The maximum Gasteiger partial charge on any atom is 0.160 e. The predicted octanol–water partition coefficient (Wildman–Crippen LogP) is 0.627. The highest BCUT2D eigenvalue weighted by Crippen LogP contribution is 2.12. The minimum Gasteiger partial charge on any atom is -0.318 e.